The van der Waals surface area contributed by atoms with Gasteiger partial charge in [0.15, 0.2) is 0 Å². The van der Waals surface area contributed by atoms with Crippen LogP contribution in [0.15, 0.2) is 0 Å². The molecule has 1 fully saturated rings. The van der Waals surface area contributed by atoms with Crippen LogP contribution in [0.4, 0.5) is 0 Å². The summed E-state index contributed by atoms with van der Waals surface area (Å²) in [4.78, 5) is 13.6. The molecule has 0 spiro atoms. The summed E-state index contributed by atoms with van der Waals surface area (Å²) in [6, 6.07) is 0.557. The minimum atomic E-state index is -0.102. The van der Waals surface area contributed by atoms with Crippen LogP contribution in [0.5, 0.6) is 0 Å². The molecule has 1 saturated heterocycles. The smallest absolute Gasteiger partial charge is 0.307 e. The van der Waals surface area contributed by atoms with Gasteiger partial charge in [0.2, 0.25) is 0 Å². The van der Waals surface area contributed by atoms with Crippen LogP contribution in [0.1, 0.15) is 39.0 Å². The van der Waals surface area contributed by atoms with Gasteiger partial charge in [-0.1, -0.05) is 0 Å². The molecule has 1 heterocycles. The zero-order valence-electron chi connectivity index (χ0n) is 10.2. The van der Waals surface area contributed by atoms with Crippen LogP contribution in [-0.4, -0.2) is 48.3 Å². The van der Waals surface area contributed by atoms with Crippen molar-refractivity contribution < 1.29 is 14.6 Å². The fraction of sp³-hybridized carbons (Fsp3) is 0.917. The maximum Gasteiger partial charge on any atom is 0.307 e. The maximum atomic E-state index is 11.2. The van der Waals surface area contributed by atoms with Crippen molar-refractivity contribution in [1.82, 2.24) is 4.90 Å². The fourth-order valence-corrected chi connectivity index (χ4v) is 2.31. The monoisotopic (exact) mass is 229 g/mol. The van der Waals surface area contributed by atoms with E-state index in [1.165, 1.54) is 12.8 Å². The average Bonchev–Trinajstić information content (AvgIpc) is 2.71. The molecule has 0 amide bonds. The van der Waals surface area contributed by atoms with Gasteiger partial charge in [-0.2, -0.15) is 0 Å². The predicted octanol–water partition coefficient (Wildman–Crippen LogP) is 1.18. The van der Waals surface area contributed by atoms with Gasteiger partial charge in [0.1, 0.15) is 0 Å². The van der Waals surface area contributed by atoms with Crippen LogP contribution in [0, 0.1) is 0 Å². The lowest BCUT2D eigenvalue weighted by Crippen LogP contribution is -2.31. The highest BCUT2D eigenvalue weighted by Crippen LogP contribution is 2.21. The van der Waals surface area contributed by atoms with Gasteiger partial charge in [0.05, 0.1) is 13.0 Å². The summed E-state index contributed by atoms with van der Waals surface area (Å²) < 4.78 is 4.91. The Morgan fingerprint density at radius 3 is 3.06 bits per heavy atom. The normalized spacial score (nSPS) is 21.2. The summed E-state index contributed by atoms with van der Waals surface area (Å²) in [6.07, 6.45) is 4.80. The minimum Gasteiger partial charge on any atom is -0.466 e. The number of hydrogen-bond donors (Lipinski definition) is 1. The van der Waals surface area contributed by atoms with Crippen LogP contribution < -0.4 is 0 Å². The molecular formula is C12H23NO3. The Bertz CT molecular complexity index is 208. The number of ether oxygens (including phenoxy) is 1. The Hall–Kier alpha value is -0.610. The lowest BCUT2D eigenvalue weighted by Gasteiger charge is -2.23. The van der Waals surface area contributed by atoms with Crippen molar-refractivity contribution in [3.63, 3.8) is 0 Å². The molecule has 0 saturated carbocycles. The first kappa shape index (κ1) is 13.5. The maximum absolute atomic E-state index is 11.2. The second kappa shape index (κ2) is 7.63. The highest BCUT2D eigenvalue weighted by atomic mass is 16.5. The number of esters is 1. The van der Waals surface area contributed by atoms with E-state index >= 15 is 0 Å². The molecule has 1 aliphatic rings. The number of carbonyl (C=O) groups is 1. The first-order valence-electron chi connectivity index (χ1n) is 6.28. The summed E-state index contributed by atoms with van der Waals surface area (Å²) in [5.74, 6) is -0.102. The predicted molar refractivity (Wildman–Crippen MR) is 62.2 cm³/mol. The van der Waals surface area contributed by atoms with E-state index in [1.54, 1.807) is 0 Å². The highest BCUT2D eigenvalue weighted by molar-refractivity contribution is 5.69. The molecule has 0 aromatic rings. The van der Waals surface area contributed by atoms with Crippen molar-refractivity contribution in [2.75, 3.05) is 26.3 Å². The van der Waals surface area contributed by atoms with E-state index < -0.39 is 0 Å². The lowest BCUT2D eigenvalue weighted by atomic mass is 10.1. The van der Waals surface area contributed by atoms with Crippen molar-refractivity contribution >= 4 is 5.97 Å². The van der Waals surface area contributed by atoms with Crippen LogP contribution in [0.2, 0.25) is 0 Å². The highest BCUT2D eigenvalue weighted by Gasteiger charge is 2.24. The van der Waals surface area contributed by atoms with E-state index in [4.69, 9.17) is 9.84 Å². The Kier molecular flexibility index (Phi) is 6.42. The van der Waals surface area contributed by atoms with E-state index in [0.29, 0.717) is 19.1 Å². The molecule has 1 aliphatic heterocycles. The van der Waals surface area contributed by atoms with Crippen LogP contribution in [0.25, 0.3) is 0 Å². The molecular weight excluding hydrogens is 206 g/mol. The summed E-state index contributed by atoms with van der Waals surface area (Å²) in [5, 5.41) is 8.81. The van der Waals surface area contributed by atoms with E-state index in [-0.39, 0.29) is 12.6 Å². The Balaban J connectivity index is 2.21. The Morgan fingerprint density at radius 1 is 1.56 bits per heavy atom. The standard InChI is InChI=1S/C12H23NO3/c1-2-16-12(15)7-9-13-8-3-5-11(13)6-4-10-14/h11,14H,2-10H2,1H3. The van der Waals surface area contributed by atoms with E-state index in [9.17, 15) is 4.79 Å². The first-order chi connectivity index (χ1) is 7.77. The number of nitrogens with zero attached hydrogens (tertiary/aromatic N) is 1. The molecule has 4 heteroatoms. The summed E-state index contributed by atoms with van der Waals surface area (Å²) in [5.41, 5.74) is 0. The zero-order valence-corrected chi connectivity index (χ0v) is 10.2. The SMILES string of the molecule is CCOC(=O)CCN1CCCC1CCCO. The van der Waals surface area contributed by atoms with Crippen molar-refractivity contribution in [2.45, 2.75) is 45.1 Å². The quantitative estimate of drug-likeness (QED) is 0.666. The molecule has 16 heavy (non-hydrogen) atoms. The summed E-state index contributed by atoms with van der Waals surface area (Å²) in [7, 11) is 0. The minimum absolute atomic E-state index is 0.102. The molecule has 1 rings (SSSR count). The van der Waals surface area contributed by atoms with Crippen molar-refractivity contribution in [3.05, 3.63) is 0 Å². The first-order valence-corrected chi connectivity index (χ1v) is 6.28. The number of aliphatic hydroxyl groups excluding tert-OH is 1. The molecule has 0 radical (unpaired) electrons. The second-order valence-electron chi connectivity index (χ2n) is 4.25. The van der Waals surface area contributed by atoms with Crippen LogP contribution >= 0.6 is 0 Å². The molecule has 1 atom stereocenters. The van der Waals surface area contributed by atoms with Gasteiger partial charge in [0, 0.05) is 19.2 Å². The number of aliphatic hydroxyl groups is 1. The van der Waals surface area contributed by atoms with Gasteiger partial charge in [0.25, 0.3) is 0 Å². The third-order valence-corrected chi connectivity index (χ3v) is 3.10. The van der Waals surface area contributed by atoms with Gasteiger partial charge >= 0.3 is 5.97 Å². The fourth-order valence-electron chi connectivity index (χ4n) is 2.31. The topological polar surface area (TPSA) is 49.8 Å². The van der Waals surface area contributed by atoms with Crippen molar-refractivity contribution in [3.8, 4) is 0 Å². The molecule has 0 bridgehead atoms. The van der Waals surface area contributed by atoms with Gasteiger partial charge < -0.3 is 9.84 Å². The number of carbonyl (C=O) groups excluding carboxylic acids is 1. The van der Waals surface area contributed by atoms with Crippen LogP contribution in [-0.2, 0) is 9.53 Å². The van der Waals surface area contributed by atoms with Gasteiger partial charge in [-0.3, -0.25) is 9.69 Å². The lowest BCUT2D eigenvalue weighted by molar-refractivity contribution is -0.143. The molecule has 0 aromatic carbocycles. The Morgan fingerprint density at radius 2 is 2.38 bits per heavy atom. The van der Waals surface area contributed by atoms with Gasteiger partial charge in [-0.25, -0.2) is 0 Å². The van der Waals surface area contributed by atoms with E-state index in [2.05, 4.69) is 4.90 Å². The average molecular weight is 229 g/mol. The molecule has 0 aliphatic carbocycles. The van der Waals surface area contributed by atoms with Crippen LogP contribution in [0.3, 0.4) is 0 Å². The van der Waals surface area contributed by atoms with Gasteiger partial charge in [-0.15, -0.1) is 0 Å². The van der Waals surface area contributed by atoms with Crippen molar-refractivity contribution in [1.29, 1.82) is 0 Å². The third-order valence-electron chi connectivity index (χ3n) is 3.10. The molecule has 1 unspecified atom stereocenters. The number of rotatable bonds is 7. The zero-order chi connectivity index (χ0) is 11.8. The summed E-state index contributed by atoms with van der Waals surface area (Å²) in [6.45, 7) is 4.44. The number of likely N-dealkylation sites (tertiary alicyclic amines) is 1. The third kappa shape index (κ3) is 4.49. The van der Waals surface area contributed by atoms with Crippen molar-refractivity contribution in [2.24, 2.45) is 0 Å². The molecule has 0 aromatic heterocycles. The largest absolute Gasteiger partial charge is 0.466 e. The van der Waals surface area contributed by atoms with E-state index in [0.717, 1.165) is 25.9 Å². The molecule has 94 valence electrons. The Labute approximate surface area is 97.6 Å². The number of hydrogen-bond acceptors (Lipinski definition) is 4. The molecule has 4 nitrogen and oxygen atoms in total. The second-order valence-corrected chi connectivity index (χ2v) is 4.25. The van der Waals surface area contributed by atoms with Gasteiger partial charge in [-0.05, 0) is 39.2 Å². The molecule has 1 N–H and O–H groups in total. The van der Waals surface area contributed by atoms with E-state index in [1.807, 2.05) is 6.92 Å². The summed E-state index contributed by atoms with van der Waals surface area (Å²) >= 11 is 0.